The zero-order chi connectivity index (χ0) is 20.9. The number of piperazine rings is 1. The molecule has 0 aliphatic carbocycles. The molecular weight excluding hydrogens is 398 g/mol. The molecule has 2 fully saturated rings. The number of hydrogen-bond acceptors (Lipinski definition) is 3. The van der Waals surface area contributed by atoms with E-state index < -0.39 is 0 Å². The van der Waals surface area contributed by atoms with Crippen molar-refractivity contribution < 1.29 is 9.59 Å². The quantitative estimate of drug-likeness (QED) is 0.753. The average molecular weight is 426 g/mol. The third-order valence-corrected chi connectivity index (χ3v) is 6.43. The van der Waals surface area contributed by atoms with Gasteiger partial charge in [0, 0.05) is 39.3 Å². The summed E-state index contributed by atoms with van der Waals surface area (Å²) < 4.78 is 0. The molecule has 4 rings (SSSR count). The molecule has 2 aliphatic heterocycles. The molecule has 2 aromatic carbocycles. The maximum Gasteiger partial charge on any atom is 0.227 e. The van der Waals surface area contributed by atoms with E-state index in [4.69, 9.17) is 11.6 Å². The number of likely N-dealkylation sites (tertiary alicyclic amines) is 1. The van der Waals surface area contributed by atoms with Gasteiger partial charge in [0.15, 0.2) is 0 Å². The van der Waals surface area contributed by atoms with Gasteiger partial charge in [-0.2, -0.15) is 0 Å². The van der Waals surface area contributed by atoms with Gasteiger partial charge in [0.05, 0.1) is 23.0 Å². The van der Waals surface area contributed by atoms with Gasteiger partial charge in [-0.1, -0.05) is 54.1 Å². The molecule has 2 aliphatic rings. The topological polar surface area (TPSA) is 43.9 Å². The van der Waals surface area contributed by atoms with Gasteiger partial charge in [-0.3, -0.25) is 9.59 Å². The summed E-state index contributed by atoms with van der Waals surface area (Å²) in [7, 11) is 0. The number of hydrogen-bond donors (Lipinski definition) is 0. The number of amides is 2. The first kappa shape index (κ1) is 20.7. The first-order valence-corrected chi connectivity index (χ1v) is 11.1. The van der Waals surface area contributed by atoms with Crippen LogP contribution in [0.15, 0.2) is 54.6 Å². The fourth-order valence-electron chi connectivity index (χ4n) is 4.42. The van der Waals surface area contributed by atoms with E-state index >= 15 is 0 Å². The van der Waals surface area contributed by atoms with Gasteiger partial charge in [0.1, 0.15) is 0 Å². The van der Waals surface area contributed by atoms with Crippen molar-refractivity contribution in [3.8, 4) is 0 Å². The Morgan fingerprint density at radius 3 is 2.30 bits per heavy atom. The van der Waals surface area contributed by atoms with E-state index in [-0.39, 0.29) is 17.7 Å². The van der Waals surface area contributed by atoms with Crippen LogP contribution in [-0.2, 0) is 16.0 Å². The molecule has 0 N–H and O–H groups in total. The molecule has 0 aromatic heterocycles. The van der Waals surface area contributed by atoms with Gasteiger partial charge >= 0.3 is 0 Å². The van der Waals surface area contributed by atoms with E-state index in [2.05, 4.69) is 4.90 Å². The lowest BCUT2D eigenvalue weighted by molar-refractivity contribution is -0.140. The summed E-state index contributed by atoms with van der Waals surface area (Å²) in [5.41, 5.74) is 2.05. The van der Waals surface area contributed by atoms with Crippen LogP contribution in [0.5, 0.6) is 0 Å². The Kier molecular flexibility index (Phi) is 6.58. The zero-order valence-electron chi connectivity index (χ0n) is 17.2. The summed E-state index contributed by atoms with van der Waals surface area (Å²) in [6, 6.07) is 17.7. The third-order valence-electron chi connectivity index (χ3n) is 6.11. The summed E-state index contributed by atoms with van der Waals surface area (Å²) in [4.78, 5) is 31.9. The van der Waals surface area contributed by atoms with Crippen molar-refractivity contribution in [3.63, 3.8) is 0 Å². The molecular formula is C24H28ClN3O2. The zero-order valence-corrected chi connectivity index (χ0v) is 17.9. The number of benzene rings is 2. The minimum Gasteiger partial charge on any atom is -0.367 e. The predicted molar refractivity (Wildman–Crippen MR) is 120 cm³/mol. The highest BCUT2D eigenvalue weighted by atomic mass is 35.5. The summed E-state index contributed by atoms with van der Waals surface area (Å²) in [5.74, 6) is 0.207. The van der Waals surface area contributed by atoms with Crippen LogP contribution >= 0.6 is 11.6 Å². The van der Waals surface area contributed by atoms with Gasteiger partial charge in [-0.25, -0.2) is 0 Å². The van der Waals surface area contributed by atoms with Crippen molar-refractivity contribution in [3.05, 3.63) is 65.2 Å². The fourth-order valence-corrected chi connectivity index (χ4v) is 4.68. The number of carbonyl (C=O) groups is 2. The monoisotopic (exact) mass is 425 g/mol. The van der Waals surface area contributed by atoms with Gasteiger partial charge < -0.3 is 14.7 Å². The highest BCUT2D eigenvalue weighted by Gasteiger charge is 2.32. The van der Waals surface area contributed by atoms with E-state index in [1.165, 1.54) is 0 Å². The Morgan fingerprint density at radius 2 is 1.57 bits per heavy atom. The summed E-state index contributed by atoms with van der Waals surface area (Å²) in [5, 5.41) is 0.747. The molecule has 2 aromatic rings. The molecule has 2 amide bonds. The molecule has 0 bridgehead atoms. The van der Waals surface area contributed by atoms with Crippen LogP contribution in [0.3, 0.4) is 0 Å². The normalized spacial score (nSPS) is 19.6. The number of halogens is 1. The second-order valence-electron chi connectivity index (χ2n) is 8.11. The van der Waals surface area contributed by atoms with E-state index in [0.29, 0.717) is 26.1 Å². The van der Waals surface area contributed by atoms with Gasteiger partial charge in [0.25, 0.3) is 0 Å². The predicted octanol–water partition coefficient (Wildman–Crippen LogP) is 3.47. The van der Waals surface area contributed by atoms with E-state index in [0.717, 1.165) is 48.7 Å². The molecule has 2 heterocycles. The van der Waals surface area contributed by atoms with Crippen LogP contribution < -0.4 is 4.90 Å². The summed E-state index contributed by atoms with van der Waals surface area (Å²) >= 11 is 6.32. The standard InChI is InChI=1S/C24H28ClN3O2/c25-21-10-4-5-11-22(21)26-13-15-27(16-14-26)24(30)20-9-6-12-28(18-20)23(29)17-19-7-2-1-3-8-19/h1-5,7-8,10-11,20H,6,9,12-18H2. The molecule has 30 heavy (non-hydrogen) atoms. The molecule has 0 radical (unpaired) electrons. The number of rotatable bonds is 4. The van der Waals surface area contributed by atoms with Crippen LogP contribution in [0.1, 0.15) is 18.4 Å². The molecule has 0 spiro atoms. The lowest BCUT2D eigenvalue weighted by Gasteiger charge is -2.40. The maximum atomic E-state index is 13.1. The molecule has 2 saturated heterocycles. The molecule has 1 atom stereocenters. The van der Waals surface area contributed by atoms with Crippen LogP contribution in [0.2, 0.25) is 5.02 Å². The minimum atomic E-state index is -0.0923. The van der Waals surface area contributed by atoms with Crippen LogP contribution in [-0.4, -0.2) is 60.9 Å². The van der Waals surface area contributed by atoms with Crippen molar-refractivity contribution in [1.29, 1.82) is 0 Å². The Hall–Kier alpha value is -2.53. The van der Waals surface area contributed by atoms with Crippen LogP contribution in [0, 0.1) is 5.92 Å². The van der Waals surface area contributed by atoms with E-state index in [1.807, 2.05) is 64.4 Å². The van der Waals surface area contributed by atoms with Crippen molar-refractivity contribution >= 4 is 29.1 Å². The maximum absolute atomic E-state index is 13.1. The summed E-state index contributed by atoms with van der Waals surface area (Å²) in [6.45, 7) is 4.22. The summed E-state index contributed by atoms with van der Waals surface area (Å²) in [6.07, 6.45) is 2.15. The molecule has 5 nitrogen and oxygen atoms in total. The SMILES string of the molecule is O=C(Cc1ccccc1)N1CCCC(C(=O)N2CCN(c3ccccc3Cl)CC2)C1. The van der Waals surface area contributed by atoms with Crippen molar-refractivity contribution in [2.75, 3.05) is 44.2 Å². The average Bonchev–Trinajstić information content (AvgIpc) is 2.80. The smallest absolute Gasteiger partial charge is 0.227 e. The van der Waals surface area contributed by atoms with E-state index in [9.17, 15) is 9.59 Å². The number of para-hydroxylation sites is 1. The molecule has 158 valence electrons. The van der Waals surface area contributed by atoms with Crippen LogP contribution in [0.25, 0.3) is 0 Å². The van der Waals surface area contributed by atoms with Crippen molar-refractivity contribution in [1.82, 2.24) is 9.80 Å². The third kappa shape index (κ3) is 4.78. The number of anilines is 1. The van der Waals surface area contributed by atoms with Gasteiger partial charge in [0.2, 0.25) is 11.8 Å². The fraction of sp³-hybridized carbons (Fsp3) is 0.417. The number of nitrogens with zero attached hydrogens (tertiary/aromatic N) is 3. The lowest BCUT2D eigenvalue weighted by atomic mass is 9.95. The van der Waals surface area contributed by atoms with Gasteiger partial charge in [-0.05, 0) is 30.5 Å². The minimum absolute atomic E-state index is 0.0923. The largest absolute Gasteiger partial charge is 0.367 e. The van der Waals surface area contributed by atoms with Gasteiger partial charge in [-0.15, -0.1) is 0 Å². The lowest BCUT2D eigenvalue weighted by Crippen LogP contribution is -2.53. The highest BCUT2D eigenvalue weighted by Crippen LogP contribution is 2.27. The van der Waals surface area contributed by atoms with Crippen molar-refractivity contribution in [2.45, 2.75) is 19.3 Å². The number of carbonyl (C=O) groups excluding carboxylic acids is 2. The second kappa shape index (κ2) is 9.52. The Labute approximate surface area is 183 Å². The first-order valence-electron chi connectivity index (χ1n) is 10.7. The Bertz CT molecular complexity index is 881. The number of piperidine rings is 1. The van der Waals surface area contributed by atoms with E-state index in [1.54, 1.807) is 0 Å². The second-order valence-corrected chi connectivity index (χ2v) is 8.51. The Balaban J connectivity index is 1.31. The molecule has 0 saturated carbocycles. The molecule has 1 unspecified atom stereocenters. The van der Waals surface area contributed by atoms with Crippen molar-refractivity contribution in [2.24, 2.45) is 5.92 Å². The van der Waals surface area contributed by atoms with Crippen LogP contribution in [0.4, 0.5) is 5.69 Å². The Morgan fingerprint density at radius 1 is 0.867 bits per heavy atom. The highest BCUT2D eigenvalue weighted by molar-refractivity contribution is 6.33. The molecule has 6 heteroatoms. The first-order chi connectivity index (χ1) is 14.6.